The van der Waals surface area contributed by atoms with Crippen molar-refractivity contribution in [2.24, 2.45) is 0 Å². The monoisotopic (exact) mass is 306 g/mol. The molecule has 0 aromatic heterocycles. The van der Waals surface area contributed by atoms with E-state index in [2.05, 4.69) is 34.9 Å². The zero-order chi connectivity index (χ0) is 16.0. The molecule has 0 aliphatic carbocycles. The largest absolute Gasteiger partial charge is 0.444 e. The van der Waals surface area contributed by atoms with E-state index in [1.165, 1.54) is 5.56 Å². The molecule has 1 aliphatic rings. The van der Waals surface area contributed by atoms with E-state index in [1.54, 1.807) is 0 Å². The Morgan fingerprint density at radius 1 is 1.32 bits per heavy atom. The molecule has 1 saturated heterocycles. The highest BCUT2D eigenvalue weighted by Gasteiger charge is 2.16. The van der Waals surface area contributed by atoms with E-state index in [0.717, 1.165) is 31.7 Å². The fourth-order valence-electron chi connectivity index (χ4n) is 2.27. The van der Waals surface area contributed by atoms with E-state index in [4.69, 9.17) is 9.47 Å². The Balaban J connectivity index is 1.71. The number of amides is 1. The predicted octanol–water partition coefficient (Wildman–Crippen LogP) is 2.95. The Labute approximate surface area is 132 Å². The van der Waals surface area contributed by atoms with Crippen molar-refractivity contribution in [1.29, 1.82) is 0 Å². The van der Waals surface area contributed by atoms with Gasteiger partial charge in [0.1, 0.15) is 5.60 Å². The second kappa shape index (κ2) is 7.49. The number of benzene rings is 1. The van der Waals surface area contributed by atoms with E-state index in [-0.39, 0.29) is 6.09 Å². The molecule has 1 aliphatic heterocycles. The van der Waals surface area contributed by atoms with Gasteiger partial charge in [-0.05, 0) is 51.3 Å². The fraction of sp³-hybridized carbons (Fsp3) is 0.588. The maximum Gasteiger partial charge on any atom is 0.407 e. The molecular formula is C17H26N2O3. The van der Waals surface area contributed by atoms with Crippen LogP contribution >= 0.6 is 0 Å². The molecule has 1 unspecified atom stereocenters. The van der Waals surface area contributed by atoms with Crippen LogP contribution in [-0.2, 0) is 15.9 Å². The molecular weight excluding hydrogens is 280 g/mol. The van der Waals surface area contributed by atoms with Gasteiger partial charge in [0.05, 0.1) is 12.6 Å². The van der Waals surface area contributed by atoms with Gasteiger partial charge < -0.3 is 20.1 Å². The molecule has 1 fully saturated rings. The quantitative estimate of drug-likeness (QED) is 0.878. The van der Waals surface area contributed by atoms with Gasteiger partial charge in [0, 0.05) is 18.8 Å². The molecule has 22 heavy (non-hydrogen) atoms. The Hall–Kier alpha value is -1.75. The number of carbonyl (C=O) groups is 1. The average Bonchev–Trinajstić information content (AvgIpc) is 2.91. The van der Waals surface area contributed by atoms with Crippen LogP contribution in [0.25, 0.3) is 0 Å². The zero-order valence-electron chi connectivity index (χ0n) is 13.6. The molecule has 122 valence electrons. The third kappa shape index (κ3) is 5.93. The number of alkyl carbamates (subject to hydrolysis) is 1. The molecule has 0 spiro atoms. The third-order valence-corrected chi connectivity index (χ3v) is 3.34. The Bertz CT molecular complexity index is 474. The van der Waals surface area contributed by atoms with Crippen LogP contribution < -0.4 is 10.6 Å². The lowest BCUT2D eigenvalue weighted by atomic mass is 10.1. The highest BCUT2D eigenvalue weighted by molar-refractivity contribution is 5.67. The molecule has 0 bridgehead atoms. The van der Waals surface area contributed by atoms with Crippen LogP contribution in [0, 0.1) is 0 Å². The Morgan fingerprint density at radius 2 is 2.05 bits per heavy atom. The molecule has 1 heterocycles. The third-order valence-electron chi connectivity index (χ3n) is 3.34. The number of ether oxygens (including phenoxy) is 2. The van der Waals surface area contributed by atoms with Crippen molar-refractivity contribution in [2.75, 3.05) is 25.1 Å². The average molecular weight is 306 g/mol. The summed E-state index contributed by atoms with van der Waals surface area (Å²) in [4.78, 5) is 11.5. The van der Waals surface area contributed by atoms with Gasteiger partial charge in [-0.15, -0.1) is 0 Å². The van der Waals surface area contributed by atoms with Gasteiger partial charge >= 0.3 is 6.09 Å². The number of nitrogens with one attached hydrogen (secondary N) is 2. The zero-order valence-corrected chi connectivity index (χ0v) is 13.6. The maximum absolute atomic E-state index is 11.5. The lowest BCUT2D eigenvalue weighted by Crippen LogP contribution is -2.33. The van der Waals surface area contributed by atoms with Gasteiger partial charge in [-0.25, -0.2) is 4.79 Å². The van der Waals surface area contributed by atoms with Crippen molar-refractivity contribution in [3.8, 4) is 0 Å². The van der Waals surface area contributed by atoms with E-state index in [9.17, 15) is 4.79 Å². The van der Waals surface area contributed by atoms with Crippen LogP contribution in [0.15, 0.2) is 24.3 Å². The summed E-state index contributed by atoms with van der Waals surface area (Å²) in [5.41, 5.74) is 1.84. The van der Waals surface area contributed by atoms with E-state index in [1.807, 2.05) is 20.8 Å². The summed E-state index contributed by atoms with van der Waals surface area (Å²) in [7, 11) is 0. The fourth-order valence-corrected chi connectivity index (χ4v) is 2.27. The highest BCUT2D eigenvalue weighted by Crippen LogP contribution is 2.15. The van der Waals surface area contributed by atoms with Crippen LogP contribution in [-0.4, -0.2) is 37.5 Å². The van der Waals surface area contributed by atoms with Crippen LogP contribution in [0.1, 0.15) is 32.8 Å². The Kier molecular flexibility index (Phi) is 5.66. The van der Waals surface area contributed by atoms with Gasteiger partial charge in [0.25, 0.3) is 0 Å². The molecule has 1 aromatic carbocycles. The smallest absolute Gasteiger partial charge is 0.407 e. The number of carbonyl (C=O) groups excluding carboxylic acids is 1. The highest BCUT2D eigenvalue weighted by atomic mass is 16.6. The molecule has 5 heteroatoms. The second-order valence-electron chi connectivity index (χ2n) is 6.58. The minimum Gasteiger partial charge on any atom is -0.444 e. The summed E-state index contributed by atoms with van der Waals surface area (Å²) in [6.07, 6.45) is 1.47. The normalized spacial score (nSPS) is 18.0. The van der Waals surface area contributed by atoms with Crippen LogP contribution in [0.5, 0.6) is 0 Å². The maximum atomic E-state index is 11.5. The van der Waals surface area contributed by atoms with Crippen molar-refractivity contribution >= 4 is 11.8 Å². The second-order valence-corrected chi connectivity index (χ2v) is 6.58. The molecule has 2 N–H and O–H groups in total. The first-order valence-electron chi connectivity index (χ1n) is 7.82. The summed E-state index contributed by atoms with van der Waals surface area (Å²) >= 11 is 0. The van der Waals surface area contributed by atoms with E-state index in [0.29, 0.717) is 12.6 Å². The summed E-state index contributed by atoms with van der Waals surface area (Å²) in [5, 5.41) is 6.22. The van der Waals surface area contributed by atoms with Gasteiger partial charge in [0.2, 0.25) is 0 Å². The lowest BCUT2D eigenvalue weighted by Gasteiger charge is -2.19. The predicted molar refractivity (Wildman–Crippen MR) is 87.2 cm³/mol. The van der Waals surface area contributed by atoms with Crippen LogP contribution in [0.4, 0.5) is 10.5 Å². The van der Waals surface area contributed by atoms with Crippen molar-refractivity contribution in [3.05, 3.63) is 29.8 Å². The van der Waals surface area contributed by atoms with Gasteiger partial charge in [-0.3, -0.25) is 0 Å². The Morgan fingerprint density at radius 3 is 2.64 bits per heavy atom. The summed E-state index contributed by atoms with van der Waals surface area (Å²) in [5.74, 6) is 0. The SMILES string of the molecule is CC(C)(C)OC(=O)NCCc1ccc(NC2CCOC2)cc1. The van der Waals surface area contributed by atoms with Crippen molar-refractivity contribution in [2.45, 2.75) is 45.3 Å². The first-order chi connectivity index (χ1) is 10.4. The van der Waals surface area contributed by atoms with Gasteiger partial charge in [0.15, 0.2) is 0 Å². The topological polar surface area (TPSA) is 59.6 Å². The number of hydrogen-bond acceptors (Lipinski definition) is 4. The molecule has 0 saturated carbocycles. The van der Waals surface area contributed by atoms with Crippen molar-refractivity contribution in [1.82, 2.24) is 5.32 Å². The number of anilines is 1. The summed E-state index contributed by atoms with van der Waals surface area (Å²) in [6.45, 7) is 7.75. The van der Waals surface area contributed by atoms with Crippen molar-refractivity contribution < 1.29 is 14.3 Å². The standard InChI is InChI=1S/C17H26N2O3/c1-17(2,3)22-16(20)18-10-8-13-4-6-14(7-5-13)19-15-9-11-21-12-15/h4-7,15,19H,8-12H2,1-3H3,(H,18,20). The lowest BCUT2D eigenvalue weighted by molar-refractivity contribution is 0.0528. The van der Waals surface area contributed by atoms with Crippen molar-refractivity contribution in [3.63, 3.8) is 0 Å². The van der Waals surface area contributed by atoms with Gasteiger partial charge in [-0.1, -0.05) is 12.1 Å². The molecule has 0 radical (unpaired) electrons. The number of rotatable bonds is 5. The van der Waals surface area contributed by atoms with Crippen LogP contribution in [0.3, 0.4) is 0 Å². The first kappa shape index (κ1) is 16.6. The summed E-state index contributed by atoms with van der Waals surface area (Å²) < 4.78 is 10.5. The first-order valence-corrected chi connectivity index (χ1v) is 7.82. The van der Waals surface area contributed by atoms with Gasteiger partial charge in [-0.2, -0.15) is 0 Å². The molecule has 5 nitrogen and oxygen atoms in total. The molecule has 2 rings (SSSR count). The molecule has 1 amide bonds. The number of hydrogen-bond donors (Lipinski definition) is 2. The van der Waals surface area contributed by atoms with E-state index >= 15 is 0 Å². The molecule has 1 aromatic rings. The minimum absolute atomic E-state index is 0.368. The minimum atomic E-state index is -0.457. The van der Waals surface area contributed by atoms with E-state index < -0.39 is 5.60 Å². The van der Waals surface area contributed by atoms with Crippen LogP contribution in [0.2, 0.25) is 0 Å². The molecule has 1 atom stereocenters. The summed E-state index contributed by atoms with van der Waals surface area (Å²) in [6, 6.07) is 8.71.